The predicted octanol–water partition coefficient (Wildman–Crippen LogP) is 1.83. The van der Waals surface area contributed by atoms with Crippen molar-refractivity contribution in [2.45, 2.75) is 68.7 Å². The lowest BCUT2D eigenvalue weighted by molar-refractivity contribution is -0.150. The number of nitriles is 1. The van der Waals surface area contributed by atoms with E-state index in [1.54, 1.807) is 30.3 Å². The highest BCUT2D eigenvalue weighted by molar-refractivity contribution is 7.52. The number of carbonyl (C=O) groups excluding carboxylic acids is 1. The van der Waals surface area contributed by atoms with E-state index in [0.717, 1.165) is 32.0 Å². The molecular formula is C26H33N6O8P. The lowest BCUT2D eigenvalue weighted by Crippen LogP contribution is -2.40. The molecule has 1 aliphatic heterocycles. The second kappa shape index (κ2) is 12.9. The second-order valence-electron chi connectivity index (χ2n) is 9.76. The number of aliphatic imine (C=N–C) groups is 1. The predicted molar refractivity (Wildman–Crippen MR) is 146 cm³/mol. The van der Waals surface area contributed by atoms with Crippen LogP contribution in [0.4, 0.5) is 0 Å². The minimum atomic E-state index is -4.30. The van der Waals surface area contributed by atoms with E-state index in [1.165, 1.54) is 19.1 Å². The Labute approximate surface area is 236 Å². The van der Waals surface area contributed by atoms with Crippen molar-refractivity contribution in [2.24, 2.45) is 10.7 Å². The first kappa shape index (κ1) is 30.4. The Morgan fingerprint density at radius 3 is 2.71 bits per heavy atom. The maximum absolute atomic E-state index is 13.8. The maximum Gasteiger partial charge on any atom is 0.459 e. The number of rotatable bonds is 12. The van der Waals surface area contributed by atoms with Crippen molar-refractivity contribution < 1.29 is 38.1 Å². The number of aliphatic hydroxyl groups excluding tert-OH is 2. The summed E-state index contributed by atoms with van der Waals surface area (Å²) in [6.45, 7) is 0.872. The topological polar surface area (TPSA) is 225 Å². The van der Waals surface area contributed by atoms with Crippen molar-refractivity contribution in [1.82, 2.24) is 10.1 Å². The molecule has 0 bridgehead atoms. The van der Waals surface area contributed by atoms with Gasteiger partial charge in [0.05, 0.1) is 18.0 Å². The molecule has 0 spiro atoms. The van der Waals surface area contributed by atoms with E-state index in [9.17, 15) is 24.8 Å². The zero-order valence-electron chi connectivity index (χ0n) is 22.3. The van der Waals surface area contributed by atoms with Crippen molar-refractivity contribution in [3.8, 4) is 11.8 Å². The van der Waals surface area contributed by atoms with Gasteiger partial charge >= 0.3 is 13.7 Å². The van der Waals surface area contributed by atoms with E-state index in [0.29, 0.717) is 0 Å². The number of carbonyl (C=O) groups is 1. The number of nitrogens with zero attached hydrogens (tertiary/aromatic N) is 2. The van der Waals surface area contributed by atoms with Gasteiger partial charge in [-0.15, -0.1) is 0 Å². The molecule has 1 aromatic heterocycles. The molecule has 2 aliphatic rings. The average Bonchev–Trinajstić information content (AvgIpc) is 3.70. The van der Waals surface area contributed by atoms with Gasteiger partial charge < -0.3 is 34.9 Å². The number of nitrogens with one attached hydrogen (secondary N) is 3. The summed E-state index contributed by atoms with van der Waals surface area (Å²) in [6.07, 6.45) is -0.717. The monoisotopic (exact) mass is 588 g/mol. The van der Waals surface area contributed by atoms with Gasteiger partial charge in [-0.3, -0.25) is 14.7 Å². The van der Waals surface area contributed by atoms with E-state index in [2.05, 4.69) is 15.1 Å². The molecular weight excluding hydrogens is 555 g/mol. The molecule has 15 heteroatoms. The molecule has 1 unspecified atom stereocenters. The van der Waals surface area contributed by atoms with Crippen LogP contribution in [0.1, 0.15) is 44.0 Å². The molecule has 1 saturated heterocycles. The summed E-state index contributed by atoms with van der Waals surface area (Å²) >= 11 is 0. The quantitative estimate of drug-likeness (QED) is 0.0907. The third-order valence-electron chi connectivity index (χ3n) is 6.86. The standard InChI is InChI=1S/C26H33N6O8P/c1-16(25(35)38-17-7-5-6-8-17)32-41(36,40-18-9-3-2-4-10-18)37-13-20-22(33)23(34)26(14-27,39-20)21-12-11-19(31-21)24(29)30-15-28/h2-4,9-12,15-17,20,22-23,31,33-34H,5-8,13H2,1H3,(H,32,36)(H3,28,29,30)/t16-,20+,22+,23+,26-,41?/m0/s1. The third kappa shape index (κ3) is 6.84. The molecule has 14 nitrogen and oxygen atoms in total. The summed E-state index contributed by atoms with van der Waals surface area (Å²) in [6, 6.07) is 11.8. The number of aromatic nitrogens is 1. The SMILES string of the molecule is C[C@H](NP(=O)(OC[C@H]1O[C@@](C#N)(c2ccc(/C(N)=N\C=N)[nH]2)[C@H](O)[C@@H]1O)Oc1ccccc1)C(=O)OC1CCCC1. The second-order valence-corrected chi connectivity index (χ2v) is 11.5. The molecule has 0 radical (unpaired) electrons. The number of nitrogens with two attached hydrogens (primary N) is 1. The van der Waals surface area contributed by atoms with Crippen molar-refractivity contribution in [2.75, 3.05) is 6.61 Å². The highest BCUT2D eigenvalue weighted by Gasteiger charge is 2.57. The van der Waals surface area contributed by atoms with Gasteiger partial charge in [0.15, 0.2) is 0 Å². The molecule has 1 saturated carbocycles. The first-order chi connectivity index (χ1) is 19.6. The van der Waals surface area contributed by atoms with Gasteiger partial charge in [0.2, 0.25) is 5.60 Å². The number of para-hydroxylation sites is 1. The van der Waals surface area contributed by atoms with E-state index in [-0.39, 0.29) is 29.1 Å². The minimum absolute atomic E-state index is 0.0436. The molecule has 6 atom stereocenters. The molecule has 2 heterocycles. The zero-order valence-corrected chi connectivity index (χ0v) is 23.2. The average molecular weight is 589 g/mol. The number of H-pyrrole nitrogens is 1. The summed E-state index contributed by atoms with van der Waals surface area (Å²) in [5.41, 5.74) is 4.04. The fourth-order valence-corrected chi connectivity index (χ4v) is 6.18. The number of aromatic amines is 1. The van der Waals surface area contributed by atoms with Gasteiger partial charge in [-0.25, -0.2) is 9.56 Å². The number of hydrogen-bond acceptors (Lipinski definition) is 10. The normalized spacial score (nSPS) is 27.1. The van der Waals surface area contributed by atoms with Gasteiger partial charge in [-0.2, -0.15) is 10.3 Å². The number of aliphatic hydroxyl groups is 2. The molecule has 0 amide bonds. The van der Waals surface area contributed by atoms with Crippen LogP contribution in [-0.4, -0.2) is 70.4 Å². The lowest BCUT2D eigenvalue weighted by Gasteiger charge is -2.25. The summed E-state index contributed by atoms with van der Waals surface area (Å²) in [7, 11) is -4.30. The Morgan fingerprint density at radius 1 is 1.34 bits per heavy atom. The molecule has 2 fully saturated rings. The number of amidine groups is 1. The van der Waals surface area contributed by atoms with Crippen LogP contribution in [0.5, 0.6) is 5.75 Å². The van der Waals surface area contributed by atoms with Crippen LogP contribution in [0.2, 0.25) is 0 Å². The Bertz CT molecular complexity index is 1340. The maximum atomic E-state index is 13.8. The first-order valence-corrected chi connectivity index (χ1v) is 14.6. The van der Waals surface area contributed by atoms with E-state index in [4.69, 9.17) is 29.7 Å². The molecule has 7 N–H and O–H groups in total. The van der Waals surface area contributed by atoms with Crippen LogP contribution in [-0.2, 0) is 29.0 Å². The largest absolute Gasteiger partial charge is 0.461 e. The van der Waals surface area contributed by atoms with Crippen LogP contribution in [0.15, 0.2) is 47.5 Å². The molecule has 1 aromatic carbocycles. The van der Waals surface area contributed by atoms with Gasteiger partial charge in [-0.05, 0) is 56.9 Å². The smallest absolute Gasteiger partial charge is 0.459 e. The first-order valence-electron chi connectivity index (χ1n) is 13.1. The van der Waals surface area contributed by atoms with Crippen molar-refractivity contribution in [1.29, 1.82) is 10.7 Å². The number of benzene rings is 1. The highest BCUT2D eigenvalue weighted by Crippen LogP contribution is 2.47. The third-order valence-corrected chi connectivity index (χ3v) is 8.50. The van der Waals surface area contributed by atoms with Gasteiger partial charge in [0, 0.05) is 0 Å². The fourth-order valence-electron chi connectivity index (χ4n) is 4.67. The summed E-state index contributed by atoms with van der Waals surface area (Å²) < 4.78 is 36.4. The van der Waals surface area contributed by atoms with Crippen LogP contribution in [0, 0.1) is 16.7 Å². The summed E-state index contributed by atoms with van der Waals surface area (Å²) in [5, 5.41) is 41.3. The minimum Gasteiger partial charge on any atom is -0.461 e. The fraction of sp³-hybridized carbons (Fsp3) is 0.462. The van der Waals surface area contributed by atoms with Crippen LogP contribution >= 0.6 is 7.75 Å². The number of hydrogen-bond donors (Lipinski definition) is 6. The molecule has 1 aliphatic carbocycles. The van der Waals surface area contributed by atoms with Crippen molar-refractivity contribution >= 4 is 25.9 Å². The Balaban J connectivity index is 1.50. The van der Waals surface area contributed by atoms with Gasteiger partial charge in [0.1, 0.15) is 54.5 Å². The van der Waals surface area contributed by atoms with Crippen molar-refractivity contribution in [3.63, 3.8) is 0 Å². The highest BCUT2D eigenvalue weighted by atomic mass is 31.2. The van der Waals surface area contributed by atoms with Gasteiger partial charge in [0.25, 0.3) is 0 Å². The molecule has 41 heavy (non-hydrogen) atoms. The zero-order chi connectivity index (χ0) is 29.6. The van der Waals surface area contributed by atoms with Crippen LogP contribution in [0.3, 0.4) is 0 Å². The Kier molecular flexibility index (Phi) is 9.60. The molecule has 2 aromatic rings. The Hall–Kier alpha value is -3.57. The van der Waals surface area contributed by atoms with Crippen LogP contribution in [0.25, 0.3) is 0 Å². The van der Waals surface area contributed by atoms with Gasteiger partial charge in [-0.1, -0.05) is 18.2 Å². The van der Waals surface area contributed by atoms with E-state index in [1.807, 2.05) is 6.07 Å². The molecule has 220 valence electrons. The molecule has 4 rings (SSSR count). The Morgan fingerprint density at radius 2 is 2.05 bits per heavy atom. The van der Waals surface area contributed by atoms with Crippen LogP contribution < -0.4 is 15.3 Å². The van der Waals surface area contributed by atoms with Crippen molar-refractivity contribution in [3.05, 3.63) is 53.9 Å². The summed E-state index contributed by atoms with van der Waals surface area (Å²) in [4.78, 5) is 19.1. The summed E-state index contributed by atoms with van der Waals surface area (Å²) in [5.74, 6) is -0.484. The van der Waals surface area contributed by atoms with E-state index < -0.39 is 50.3 Å². The number of esters is 1. The lowest BCUT2D eigenvalue weighted by atomic mass is 9.93. The van der Waals surface area contributed by atoms with E-state index >= 15 is 0 Å². The number of ether oxygens (including phenoxy) is 2.